The first-order chi connectivity index (χ1) is 5.54. The van der Waals surface area contributed by atoms with Gasteiger partial charge in [-0.1, -0.05) is 0 Å². The maximum absolute atomic E-state index is 5.39. The van der Waals surface area contributed by atoms with Crippen LogP contribution in [0.2, 0.25) is 6.55 Å². The van der Waals surface area contributed by atoms with Crippen molar-refractivity contribution < 1.29 is 33.6 Å². The summed E-state index contributed by atoms with van der Waals surface area (Å²) >= 11 is 4.82. The Hall–Kier alpha value is 0.624. The zero-order chi connectivity index (χ0) is 9.61. The standard InChI is InChI=1S/C7H16O3SSi.Li.H/c1-5-8-12(4,9-6-2)10-7(3)11;;/h5-6H2,1-4H3;;/q;+1;-1. The van der Waals surface area contributed by atoms with E-state index in [4.69, 9.17) is 25.5 Å². The average Bonchev–Trinajstić information content (AvgIpc) is 1.85. The SMILES string of the molecule is CCO[Si](C)(OCC)OC(C)=S.[H-].[Li+]. The second-order valence-corrected chi connectivity index (χ2v) is 5.40. The Labute approximate surface area is 100 Å². The van der Waals surface area contributed by atoms with E-state index in [9.17, 15) is 0 Å². The molecule has 0 amide bonds. The van der Waals surface area contributed by atoms with Crippen LogP contribution < -0.4 is 18.9 Å². The zero-order valence-electron chi connectivity index (χ0n) is 10.0. The molecule has 0 N–H and O–H groups in total. The fourth-order valence-electron chi connectivity index (χ4n) is 0.886. The van der Waals surface area contributed by atoms with Crippen molar-refractivity contribution in [3.8, 4) is 0 Å². The number of hydrogen-bond donors (Lipinski definition) is 0. The second kappa shape index (κ2) is 7.98. The largest absolute Gasteiger partial charge is 1.00 e. The molecular weight excluding hydrogens is 199 g/mol. The van der Waals surface area contributed by atoms with Crippen molar-refractivity contribution in [1.29, 1.82) is 0 Å². The van der Waals surface area contributed by atoms with Crippen molar-refractivity contribution in [3.05, 3.63) is 0 Å². The van der Waals surface area contributed by atoms with E-state index >= 15 is 0 Å². The van der Waals surface area contributed by atoms with Crippen LogP contribution in [-0.4, -0.2) is 27.1 Å². The summed E-state index contributed by atoms with van der Waals surface area (Å²) in [5.41, 5.74) is 0. The topological polar surface area (TPSA) is 27.7 Å². The summed E-state index contributed by atoms with van der Waals surface area (Å²) in [6, 6.07) is 0. The average molecular weight is 216 g/mol. The van der Waals surface area contributed by atoms with E-state index in [2.05, 4.69) is 0 Å². The molecule has 74 valence electrons. The fraction of sp³-hybridized carbons (Fsp3) is 0.857. The molecular formula is C7H17LiO3SSi. The van der Waals surface area contributed by atoms with Crippen LogP contribution >= 0.6 is 12.2 Å². The predicted octanol–water partition coefficient (Wildman–Crippen LogP) is -0.891. The quantitative estimate of drug-likeness (QED) is 0.440. The first-order valence-corrected chi connectivity index (χ1v) is 6.65. The molecule has 0 aromatic rings. The Kier molecular flexibility index (Phi) is 9.86. The van der Waals surface area contributed by atoms with Crippen LogP contribution in [0.15, 0.2) is 0 Å². The molecule has 0 aliphatic carbocycles. The second-order valence-electron chi connectivity index (χ2n) is 2.32. The van der Waals surface area contributed by atoms with E-state index in [0.717, 1.165) is 0 Å². The third-order valence-electron chi connectivity index (χ3n) is 1.14. The summed E-state index contributed by atoms with van der Waals surface area (Å²) in [6.45, 7) is 8.56. The molecule has 0 saturated carbocycles. The van der Waals surface area contributed by atoms with Crippen LogP contribution in [0.25, 0.3) is 0 Å². The summed E-state index contributed by atoms with van der Waals surface area (Å²) < 4.78 is 16.1. The van der Waals surface area contributed by atoms with Crippen molar-refractivity contribution >= 4 is 26.1 Å². The van der Waals surface area contributed by atoms with Crippen LogP contribution in [0.1, 0.15) is 22.2 Å². The maximum atomic E-state index is 5.39. The van der Waals surface area contributed by atoms with Gasteiger partial charge in [0.25, 0.3) is 0 Å². The minimum Gasteiger partial charge on any atom is -1.00 e. The van der Waals surface area contributed by atoms with Gasteiger partial charge < -0.3 is 14.7 Å². The van der Waals surface area contributed by atoms with E-state index in [1.165, 1.54) is 0 Å². The van der Waals surface area contributed by atoms with Crippen molar-refractivity contribution in [3.63, 3.8) is 0 Å². The smallest absolute Gasteiger partial charge is 1.00 e. The Morgan fingerprint density at radius 3 is 1.92 bits per heavy atom. The molecule has 0 aromatic carbocycles. The van der Waals surface area contributed by atoms with Gasteiger partial charge in [-0.15, -0.1) is 0 Å². The number of rotatable bonds is 5. The van der Waals surface area contributed by atoms with Gasteiger partial charge in [0.05, 0.1) is 0 Å². The summed E-state index contributed by atoms with van der Waals surface area (Å²) in [4.78, 5) is 0. The van der Waals surface area contributed by atoms with Gasteiger partial charge in [-0.2, -0.15) is 0 Å². The molecule has 13 heavy (non-hydrogen) atoms. The Balaban J connectivity index is -0.000000605. The first kappa shape index (κ1) is 16.1. The third-order valence-corrected chi connectivity index (χ3v) is 3.68. The van der Waals surface area contributed by atoms with E-state index in [1.54, 1.807) is 6.92 Å². The van der Waals surface area contributed by atoms with Crippen molar-refractivity contribution in [2.24, 2.45) is 0 Å². The molecule has 0 heterocycles. The van der Waals surface area contributed by atoms with Crippen molar-refractivity contribution in [1.82, 2.24) is 0 Å². The third kappa shape index (κ3) is 7.68. The van der Waals surface area contributed by atoms with E-state index in [1.807, 2.05) is 20.4 Å². The number of hydrogen-bond acceptors (Lipinski definition) is 4. The summed E-state index contributed by atoms with van der Waals surface area (Å²) in [6.07, 6.45) is 0. The Morgan fingerprint density at radius 1 is 1.31 bits per heavy atom. The number of thiocarbonyl (C=S) groups is 1. The summed E-state index contributed by atoms with van der Waals surface area (Å²) in [7, 11) is -2.45. The van der Waals surface area contributed by atoms with Gasteiger partial charge in [0.1, 0.15) is 5.05 Å². The van der Waals surface area contributed by atoms with Gasteiger partial charge in [0, 0.05) is 26.7 Å². The molecule has 0 aliphatic rings. The van der Waals surface area contributed by atoms with Gasteiger partial charge in [-0.25, -0.2) is 0 Å². The molecule has 0 atom stereocenters. The molecule has 0 fully saturated rings. The molecule has 3 nitrogen and oxygen atoms in total. The fourth-order valence-corrected chi connectivity index (χ4v) is 3.11. The maximum Gasteiger partial charge on any atom is 1.00 e. The molecule has 0 aromatic heterocycles. The predicted molar refractivity (Wildman–Crippen MR) is 55.3 cm³/mol. The van der Waals surface area contributed by atoms with Gasteiger partial charge >= 0.3 is 27.7 Å². The molecule has 0 spiro atoms. The van der Waals surface area contributed by atoms with Crippen LogP contribution in [-0.2, 0) is 13.3 Å². The normalized spacial score (nSPS) is 10.5. The molecule has 0 saturated heterocycles. The van der Waals surface area contributed by atoms with Gasteiger partial charge in [-0.05, 0) is 26.1 Å². The minimum atomic E-state index is -2.45. The van der Waals surface area contributed by atoms with Gasteiger partial charge in [0.2, 0.25) is 0 Å². The van der Waals surface area contributed by atoms with E-state index in [0.29, 0.717) is 18.3 Å². The van der Waals surface area contributed by atoms with Crippen LogP contribution in [0.4, 0.5) is 0 Å². The van der Waals surface area contributed by atoms with Crippen LogP contribution in [0.3, 0.4) is 0 Å². The molecule has 0 bridgehead atoms. The van der Waals surface area contributed by atoms with Crippen molar-refractivity contribution in [2.75, 3.05) is 13.2 Å². The summed E-state index contributed by atoms with van der Waals surface area (Å²) in [5.74, 6) is 0. The van der Waals surface area contributed by atoms with Gasteiger partial charge in [-0.3, -0.25) is 0 Å². The first-order valence-electron chi connectivity index (χ1n) is 4.01. The van der Waals surface area contributed by atoms with Crippen LogP contribution in [0.5, 0.6) is 0 Å². The zero-order valence-corrected chi connectivity index (χ0v) is 10.9. The van der Waals surface area contributed by atoms with Gasteiger partial charge in [0.15, 0.2) is 0 Å². The summed E-state index contributed by atoms with van der Waals surface area (Å²) in [5, 5.41) is 0.478. The Bertz CT molecular complexity index is 156. The molecule has 0 unspecified atom stereocenters. The minimum absolute atomic E-state index is 0. The van der Waals surface area contributed by atoms with Crippen molar-refractivity contribution in [2.45, 2.75) is 27.3 Å². The molecule has 0 radical (unpaired) electrons. The Morgan fingerprint density at radius 2 is 1.69 bits per heavy atom. The molecule has 0 rings (SSSR count). The van der Waals surface area contributed by atoms with E-state index < -0.39 is 8.80 Å². The monoisotopic (exact) mass is 216 g/mol. The molecule has 0 aliphatic heterocycles. The van der Waals surface area contributed by atoms with E-state index in [-0.39, 0.29) is 20.3 Å². The van der Waals surface area contributed by atoms with Crippen LogP contribution in [0, 0.1) is 0 Å². The molecule has 6 heteroatoms.